The Morgan fingerprint density at radius 2 is 1.12 bits per heavy atom. The number of esters is 1. The monoisotopic (exact) mass is 734 g/mol. The summed E-state index contributed by atoms with van der Waals surface area (Å²) in [4.78, 5) is 26.5. The first-order valence-electron chi connectivity index (χ1n) is 20.7. The SMILES string of the molecule is CCCCCCCCC(CCCCCCCC)OC(=O)CCCCCC(CN(CCCO)CC(O)CCCCOC(=O)OCCCCC)SO. The molecule has 10 heteroatoms. The minimum Gasteiger partial charge on any atom is -0.462 e. The molecule has 298 valence electrons. The average molecular weight is 734 g/mol. The quantitative estimate of drug-likeness (QED) is 0.0321. The number of rotatable bonds is 38. The zero-order valence-electron chi connectivity index (χ0n) is 32.6. The lowest BCUT2D eigenvalue weighted by atomic mass is 10.0. The number of ether oxygens (including phenoxy) is 3. The maximum absolute atomic E-state index is 12.8. The molecular formula is C40H79NO8S. The van der Waals surface area contributed by atoms with Crippen LogP contribution >= 0.6 is 12.0 Å². The van der Waals surface area contributed by atoms with E-state index in [0.717, 1.165) is 89.1 Å². The van der Waals surface area contributed by atoms with E-state index in [1.807, 2.05) is 0 Å². The van der Waals surface area contributed by atoms with Gasteiger partial charge in [-0.3, -0.25) is 9.69 Å². The predicted molar refractivity (Wildman–Crippen MR) is 208 cm³/mol. The molecule has 0 amide bonds. The van der Waals surface area contributed by atoms with Crippen molar-refractivity contribution in [2.75, 3.05) is 39.5 Å². The molecule has 2 atom stereocenters. The van der Waals surface area contributed by atoms with Gasteiger partial charge in [-0.1, -0.05) is 111 Å². The van der Waals surface area contributed by atoms with Crippen molar-refractivity contribution in [1.29, 1.82) is 0 Å². The lowest BCUT2D eigenvalue weighted by Crippen LogP contribution is -2.38. The van der Waals surface area contributed by atoms with Crippen LogP contribution in [0.3, 0.4) is 0 Å². The van der Waals surface area contributed by atoms with Crippen LogP contribution in [0.25, 0.3) is 0 Å². The highest BCUT2D eigenvalue weighted by molar-refractivity contribution is 7.94. The first-order chi connectivity index (χ1) is 24.4. The second-order valence-corrected chi connectivity index (χ2v) is 15.1. The van der Waals surface area contributed by atoms with Gasteiger partial charge in [0.1, 0.15) is 6.10 Å². The molecule has 0 aliphatic heterocycles. The summed E-state index contributed by atoms with van der Waals surface area (Å²) in [6.07, 6.45) is 25.1. The van der Waals surface area contributed by atoms with E-state index in [-0.39, 0.29) is 30.5 Å². The van der Waals surface area contributed by atoms with Crippen LogP contribution < -0.4 is 0 Å². The van der Waals surface area contributed by atoms with Crippen LogP contribution in [0, 0.1) is 0 Å². The number of aliphatic hydroxyl groups excluding tert-OH is 2. The fraction of sp³-hybridized carbons (Fsp3) is 0.950. The third kappa shape index (κ3) is 32.8. The molecule has 3 N–H and O–H groups in total. The Labute approximate surface area is 311 Å². The molecule has 0 rings (SSSR count). The third-order valence-corrected chi connectivity index (χ3v) is 9.98. The zero-order valence-corrected chi connectivity index (χ0v) is 33.4. The highest BCUT2D eigenvalue weighted by Gasteiger charge is 2.19. The van der Waals surface area contributed by atoms with Gasteiger partial charge < -0.3 is 29.0 Å². The Bertz CT molecular complexity index is 730. The topological polar surface area (TPSA) is 126 Å². The van der Waals surface area contributed by atoms with Gasteiger partial charge >= 0.3 is 12.1 Å². The van der Waals surface area contributed by atoms with Crippen molar-refractivity contribution in [2.24, 2.45) is 0 Å². The molecule has 0 aromatic heterocycles. The van der Waals surface area contributed by atoms with Gasteiger partial charge in [-0.2, -0.15) is 0 Å². The summed E-state index contributed by atoms with van der Waals surface area (Å²) >= 11 is 0.856. The summed E-state index contributed by atoms with van der Waals surface area (Å²) < 4.78 is 26.2. The van der Waals surface area contributed by atoms with Gasteiger partial charge in [0.15, 0.2) is 0 Å². The van der Waals surface area contributed by atoms with Crippen LogP contribution in [-0.2, 0) is 19.0 Å². The molecule has 0 saturated heterocycles. The van der Waals surface area contributed by atoms with Crippen LogP contribution in [0.2, 0.25) is 0 Å². The van der Waals surface area contributed by atoms with Gasteiger partial charge in [-0.25, -0.2) is 4.79 Å². The van der Waals surface area contributed by atoms with Gasteiger partial charge in [0.05, 0.1) is 19.3 Å². The molecule has 0 aliphatic carbocycles. The number of hydrogen-bond donors (Lipinski definition) is 3. The number of nitrogens with zero attached hydrogens (tertiary/aromatic N) is 1. The molecule has 0 fully saturated rings. The minimum atomic E-state index is -0.629. The average Bonchev–Trinajstić information content (AvgIpc) is 3.10. The number of unbranched alkanes of at least 4 members (excludes halogenated alkanes) is 15. The number of hydrogen-bond acceptors (Lipinski definition) is 10. The van der Waals surface area contributed by atoms with Crippen molar-refractivity contribution < 1.29 is 38.6 Å². The van der Waals surface area contributed by atoms with Crippen molar-refractivity contribution in [1.82, 2.24) is 4.90 Å². The Balaban J connectivity index is 4.44. The van der Waals surface area contributed by atoms with Crippen molar-refractivity contribution in [3.8, 4) is 0 Å². The van der Waals surface area contributed by atoms with E-state index in [1.165, 1.54) is 64.2 Å². The smallest absolute Gasteiger partial charge is 0.462 e. The Morgan fingerprint density at radius 1 is 0.620 bits per heavy atom. The zero-order chi connectivity index (χ0) is 36.9. The molecule has 0 saturated carbocycles. The lowest BCUT2D eigenvalue weighted by Gasteiger charge is -2.28. The fourth-order valence-electron chi connectivity index (χ4n) is 6.22. The standard InChI is InChI=1S/C40H79NO8S/c1-4-7-10-12-14-17-26-37(27-18-15-13-11-8-5-2)49-39(44)29-20-16-19-28-38(50-46)35-41(30-24-31-42)34-36(43)25-21-23-33-48-40(45)47-32-22-9-6-3/h36-38,42-43,46H,4-35H2,1-3H3. The van der Waals surface area contributed by atoms with Crippen LogP contribution in [0.1, 0.15) is 188 Å². The third-order valence-electron chi connectivity index (χ3n) is 9.30. The number of carbonyl (C=O) groups excluding carboxylic acids is 2. The van der Waals surface area contributed by atoms with E-state index in [4.69, 9.17) is 14.2 Å². The highest BCUT2D eigenvalue weighted by Crippen LogP contribution is 2.20. The molecule has 0 aromatic carbocycles. The van der Waals surface area contributed by atoms with E-state index in [2.05, 4.69) is 25.7 Å². The predicted octanol–water partition coefficient (Wildman–Crippen LogP) is 10.5. The van der Waals surface area contributed by atoms with E-state index >= 15 is 0 Å². The molecule has 0 aliphatic rings. The molecule has 9 nitrogen and oxygen atoms in total. The summed E-state index contributed by atoms with van der Waals surface area (Å²) in [7, 11) is 0. The first kappa shape index (κ1) is 48.9. The second-order valence-electron chi connectivity index (χ2n) is 14.2. The van der Waals surface area contributed by atoms with Crippen molar-refractivity contribution in [2.45, 2.75) is 205 Å². The molecule has 0 bridgehead atoms. The van der Waals surface area contributed by atoms with Crippen LogP contribution in [0.4, 0.5) is 4.79 Å². The normalized spacial score (nSPS) is 12.8. The molecule has 50 heavy (non-hydrogen) atoms. The summed E-state index contributed by atoms with van der Waals surface area (Å²) in [5.41, 5.74) is 0. The molecule has 2 unspecified atom stereocenters. The second kappa shape index (κ2) is 37.7. The van der Waals surface area contributed by atoms with Crippen molar-refractivity contribution >= 4 is 24.2 Å². The van der Waals surface area contributed by atoms with E-state index in [9.17, 15) is 24.4 Å². The Hall–Kier alpha value is -1.07. The first-order valence-corrected chi connectivity index (χ1v) is 21.5. The molecule has 0 aromatic rings. The largest absolute Gasteiger partial charge is 0.508 e. The van der Waals surface area contributed by atoms with Crippen LogP contribution in [0.5, 0.6) is 0 Å². The van der Waals surface area contributed by atoms with E-state index < -0.39 is 12.3 Å². The van der Waals surface area contributed by atoms with E-state index in [0.29, 0.717) is 51.9 Å². The molecular weight excluding hydrogens is 655 g/mol. The van der Waals surface area contributed by atoms with Gasteiger partial charge in [0.25, 0.3) is 0 Å². The van der Waals surface area contributed by atoms with Crippen molar-refractivity contribution in [3.63, 3.8) is 0 Å². The van der Waals surface area contributed by atoms with Gasteiger partial charge in [0, 0.05) is 37.9 Å². The molecule has 0 spiro atoms. The number of aliphatic hydroxyl groups is 2. The maximum atomic E-state index is 12.8. The summed E-state index contributed by atoms with van der Waals surface area (Å²) in [5.74, 6) is -0.0712. The van der Waals surface area contributed by atoms with Gasteiger partial charge in [-0.05, 0) is 82.7 Å². The summed E-state index contributed by atoms with van der Waals surface area (Å²) in [5, 5.41) is 20.1. The lowest BCUT2D eigenvalue weighted by molar-refractivity contribution is -0.150. The highest BCUT2D eigenvalue weighted by atomic mass is 32.2. The van der Waals surface area contributed by atoms with Gasteiger partial charge in [0.2, 0.25) is 0 Å². The summed E-state index contributed by atoms with van der Waals surface area (Å²) in [6, 6.07) is 0. The van der Waals surface area contributed by atoms with Crippen molar-refractivity contribution in [3.05, 3.63) is 0 Å². The minimum absolute atomic E-state index is 0.0105. The number of carbonyl (C=O) groups is 2. The van der Waals surface area contributed by atoms with Gasteiger partial charge in [-0.15, -0.1) is 0 Å². The summed E-state index contributed by atoms with van der Waals surface area (Å²) in [6.45, 7) is 9.02. The maximum Gasteiger partial charge on any atom is 0.508 e. The Morgan fingerprint density at radius 3 is 1.70 bits per heavy atom. The fourth-order valence-corrected chi connectivity index (χ4v) is 6.77. The van der Waals surface area contributed by atoms with Crippen LogP contribution in [-0.4, -0.2) is 88.7 Å². The molecule has 0 radical (unpaired) electrons. The van der Waals surface area contributed by atoms with Crippen LogP contribution in [0.15, 0.2) is 0 Å². The van der Waals surface area contributed by atoms with E-state index in [1.54, 1.807) is 0 Å². The Kier molecular flexibility index (Phi) is 36.9. The molecule has 0 heterocycles.